The molecule has 0 radical (unpaired) electrons. The van der Waals surface area contributed by atoms with E-state index < -0.39 is 28.3 Å². The van der Waals surface area contributed by atoms with Crippen molar-refractivity contribution in [1.82, 2.24) is 4.57 Å². The highest BCUT2D eigenvalue weighted by Crippen LogP contribution is 2.26. The predicted molar refractivity (Wildman–Crippen MR) is 137 cm³/mol. The van der Waals surface area contributed by atoms with Gasteiger partial charge >= 0.3 is 4.87 Å². The van der Waals surface area contributed by atoms with Crippen molar-refractivity contribution < 1.29 is 17.6 Å². The van der Waals surface area contributed by atoms with Crippen LogP contribution in [0.4, 0.5) is 15.8 Å². The summed E-state index contributed by atoms with van der Waals surface area (Å²) < 4.78 is 43.5. The first kappa shape index (κ1) is 24.6. The van der Waals surface area contributed by atoms with Crippen LogP contribution in [0.2, 0.25) is 0 Å². The fourth-order valence-corrected chi connectivity index (χ4v) is 6.17. The van der Waals surface area contributed by atoms with Crippen molar-refractivity contribution in [2.75, 3.05) is 16.2 Å². The second kappa shape index (κ2) is 9.63. The summed E-state index contributed by atoms with van der Waals surface area (Å²) >= 11 is 1.08. The fourth-order valence-electron chi connectivity index (χ4n) is 3.69. The number of hydrogen-bond donors (Lipinski definition) is 1. The van der Waals surface area contributed by atoms with E-state index >= 15 is 0 Å². The fraction of sp³-hybridized carbons (Fsp3) is 0.200. The number of nitrogens with zero attached hydrogens (tertiary/aromatic N) is 2. The average molecular weight is 514 g/mol. The molecule has 0 atom stereocenters. The third kappa shape index (κ3) is 5.13. The Morgan fingerprint density at radius 2 is 1.71 bits per heavy atom. The molecule has 35 heavy (non-hydrogen) atoms. The Hall–Kier alpha value is -3.50. The van der Waals surface area contributed by atoms with Crippen LogP contribution in [0.1, 0.15) is 25.5 Å². The monoisotopic (exact) mass is 513 g/mol. The molecule has 4 rings (SSSR count). The molecule has 10 heteroatoms. The van der Waals surface area contributed by atoms with Gasteiger partial charge in [-0.3, -0.25) is 18.5 Å². The SMILES string of the molecule is Cc1ccc(N(CC(=O)Nc2ccc3c(c2)sc(=O)n3C(C)C)S(=O)(=O)c2ccc(F)cc2)cc1. The van der Waals surface area contributed by atoms with Gasteiger partial charge in [0.1, 0.15) is 12.4 Å². The van der Waals surface area contributed by atoms with Crippen molar-refractivity contribution in [3.63, 3.8) is 0 Å². The maximum Gasteiger partial charge on any atom is 0.308 e. The number of sulfonamides is 1. The molecule has 0 bridgehead atoms. The lowest BCUT2D eigenvalue weighted by molar-refractivity contribution is -0.114. The van der Waals surface area contributed by atoms with E-state index in [9.17, 15) is 22.4 Å². The number of benzene rings is 3. The van der Waals surface area contributed by atoms with Gasteiger partial charge in [0.05, 0.1) is 20.8 Å². The number of carbonyl (C=O) groups excluding carboxylic acids is 1. The van der Waals surface area contributed by atoms with E-state index in [2.05, 4.69) is 5.32 Å². The molecule has 1 heterocycles. The molecular weight excluding hydrogens is 489 g/mol. The van der Waals surface area contributed by atoms with E-state index in [-0.39, 0.29) is 15.8 Å². The van der Waals surface area contributed by atoms with Gasteiger partial charge in [-0.25, -0.2) is 12.8 Å². The van der Waals surface area contributed by atoms with E-state index in [1.165, 1.54) is 12.1 Å². The van der Waals surface area contributed by atoms with E-state index in [1.54, 1.807) is 47.0 Å². The van der Waals surface area contributed by atoms with E-state index in [4.69, 9.17) is 0 Å². The van der Waals surface area contributed by atoms with Gasteiger partial charge in [0.15, 0.2) is 0 Å². The molecule has 7 nitrogen and oxygen atoms in total. The zero-order valence-corrected chi connectivity index (χ0v) is 21.0. The smallest absolute Gasteiger partial charge is 0.308 e. The molecule has 4 aromatic rings. The molecular formula is C25H24FN3O4S2. The lowest BCUT2D eigenvalue weighted by atomic mass is 10.2. The Kier molecular flexibility index (Phi) is 6.77. The maximum absolute atomic E-state index is 13.4. The van der Waals surface area contributed by atoms with Crippen molar-refractivity contribution in [3.8, 4) is 0 Å². The van der Waals surface area contributed by atoms with Crippen LogP contribution in [0.5, 0.6) is 0 Å². The first-order chi connectivity index (χ1) is 16.6. The van der Waals surface area contributed by atoms with Gasteiger partial charge < -0.3 is 5.32 Å². The average Bonchev–Trinajstić information content (AvgIpc) is 3.13. The van der Waals surface area contributed by atoms with E-state index in [1.807, 2.05) is 20.8 Å². The highest BCUT2D eigenvalue weighted by molar-refractivity contribution is 7.92. The molecule has 182 valence electrons. The van der Waals surface area contributed by atoms with Crippen molar-refractivity contribution in [3.05, 3.63) is 87.8 Å². The predicted octanol–water partition coefficient (Wildman–Crippen LogP) is 4.93. The number of anilines is 2. The van der Waals surface area contributed by atoms with Gasteiger partial charge in [-0.05, 0) is 75.4 Å². The molecule has 1 N–H and O–H groups in total. The maximum atomic E-state index is 13.4. The number of hydrogen-bond acceptors (Lipinski definition) is 5. The number of fused-ring (bicyclic) bond motifs is 1. The molecule has 0 aliphatic heterocycles. The van der Waals surface area contributed by atoms with Crippen LogP contribution in [-0.4, -0.2) is 25.4 Å². The summed E-state index contributed by atoms with van der Waals surface area (Å²) in [6, 6.07) is 16.3. The largest absolute Gasteiger partial charge is 0.324 e. The molecule has 1 aromatic heterocycles. The number of aromatic nitrogens is 1. The van der Waals surface area contributed by atoms with Crippen LogP contribution in [0.25, 0.3) is 10.2 Å². The lowest BCUT2D eigenvalue weighted by Gasteiger charge is -2.24. The first-order valence-electron chi connectivity index (χ1n) is 10.9. The number of rotatable bonds is 7. The summed E-state index contributed by atoms with van der Waals surface area (Å²) in [7, 11) is -4.15. The summed E-state index contributed by atoms with van der Waals surface area (Å²) in [5.41, 5.74) is 2.45. The van der Waals surface area contributed by atoms with Gasteiger partial charge in [-0.2, -0.15) is 0 Å². The molecule has 0 saturated heterocycles. The molecule has 0 aliphatic rings. The summed E-state index contributed by atoms with van der Waals surface area (Å²) in [5.74, 6) is -1.13. The topological polar surface area (TPSA) is 88.5 Å². The summed E-state index contributed by atoms with van der Waals surface area (Å²) in [6.45, 7) is 5.21. The van der Waals surface area contributed by atoms with Crippen LogP contribution in [-0.2, 0) is 14.8 Å². The molecule has 0 aliphatic carbocycles. The number of carbonyl (C=O) groups is 1. The number of amides is 1. The standard InChI is InChI=1S/C25H24FN3O4S2/c1-16(2)29-22-13-8-19(14-23(22)34-25(29)31)27-24(30)15-28(20-9-4-17(3)5-10-20)35(32,33)21-11-6-18(26)7-12-21/h4-14,16H,15H2,1-3H3,(H,27,30). The van der Waals surface area contributed by atoms with Crippen molar-refractivity contribution >= 4 is 48.9 Å². The molecule has 3 aromatic carbocycles. The molecule has 0 fully saturated rings. The van der Waals surface area contributed by atoms with Crippen molar-refractivity contribution in [2.45, 2.75) is 31.7 Å². The Bertz CT molecular complexity index is 1540. The normalized spacial score (nSPS) is 11.7. The Balaban J connectivity index is 1.64. The summed E-state index contributed by atoms with van der Waals surface area (Å²) in [4.78, 5) is 25.1. The minimum Gasteiger partial charge on any atom is -0.324 e. The number of nitrogens with one attached hydrogen (secondary N) is 1. The quantitative estimate of drug-likeness (QED) is 0.380. The van der Waals surface area contributed by atoms with E-state index in [0.29, 0.717) is 11.4 Å². The summed E-state index contributed by atoms with van der Waals surface area (Å²) in [5, 5.41) is 2.73. The second-order valence-electron chi connectivity index (χ2n) is 8.36. The number of halogens is 1. The van der Waals surface area contributed by atoms with Crippen molar-refractivity contribution in [1.29, 1.82) is 0 Å². The van der Waals surface area contributed by atoms with Crippen LogP contribution < -0.4 is 14.5 Å². The Morgan fingerprint density at radius 1 is 1.06 bits per heavy atom. The molecule has 0 spiro atoms. The number of thiazole rings is 1. The summed E-state index contributed by atoms with van der Waals surface area (Å²) in [6.07, 6.45) is 0. The first-order valence-corrected chi connectivity index (χ1v) is 13.1. The zero-order chi connectivity index (χ0) is 25.3. The van der Waals surface area contributed by atoms with Crippen LogP contribution >= 0.6 is 11.3 Å². The zero-order valence-electron chi connectivity index (χ0n) is 19.4. The van der Waals surface area contributed by atoms with Gasteiger partial charge in [0.25, 0.3) is 10.0 Å². The van der Waals surface area contributed by atoms with Crippen LogP contribution in [0, 0.1) is 12.7 Å². The number of aryl methyl sites for hydroxylation is 1. The molecule has 0 saturated carbocycles. The molecule has 0 unspecified atom stereocenters. The van der Waals surface area contributed by atoms with Gasteiger partial charge in [0, 0.05) is 11.7 Å². The van der Waals surface area contributed by atoms with Crippen LogP contribution in [0.15, 0.2) is 76.4 Å². The highest BCUT2D eigenvalue weighted by Gasteiger charge is 2.27. The second-order valence-corrected chi connectivity index (χ2v) is 11.2. The van der Waals surface area contributed by atoms with Gasteiger partial charge in [-0.15, -0.1) is 0 Å². The highest BCUT2D eigenvalue weighted by atomic mass is 32.2. The third-order valence-corrected chi connectivity index (χ3v) is 8.13. The van der Waals surface area contributed by atoms with Gasteiger partial charge in [0.2, 0.25) is 5.91 Å². The van der Waals surface area contributed by atoms with Crippen molar-refractivity contribution in [2.24, 2.45) is 0 Å². The lowest BCUT2D eigenvalue weighted by Crippen LogP contribution is -2.38. The van der Waals surface area contributed by atoms with E-state index in [0.717, 1.165) is 43.6 Å². The minimum atomic E-state index is -4.15. The van der Waals surface area contributed by atoms with Crippen LogP contribution in [0.3, 0.4) is 0 Å². The minimum absolute atomic E-state index is 0.00331. The third-order valence-electron chi connectivity index (χ3n) is 5.42. The van der Waals surface area contributed by atoms with Gasteiger partial charge in [-0.1, -0.05) is 29.0 Å². The molecule has 1 amide bonds. The Morgan fingerprint density at radius 3 is 2.34 bits per heavy atom. The Labute approximate surface area is 206 Å².